The molecule has 1 saturated heterocycles. The normalized spacial score (nSPS) is 18.6. The zero-order chi connectivity index (χ0) is 13.8. The molecule has 19 heavy (non-hydrogen) atoms. The molecule has 0 amide bonds. The third kappa shape index (κ3) is 9.38. The molecule has 4 heteroatoms. The molecule has 0 aromatic carbocycles. The quantitative estimate of drug-likeness (QED) is 0.582. The van der Waals surface area contributed by atoms with E-state index in [1.54, 1.807) is 0 Å². The highest BCUT2D eigenvalue weighted by Crippen LogP contribution is 2.01. The molecule has 1 N–H and O–H groups in total. The summed E-state index contributed by atoms with van der Waals surface area (Å²) in [5, 5.41) is 3.37. The first kappa shape index (κ1) is 16.9. The molecule has 0 radical (unpaired) electrons. The highest BCUT2D eigenvalue weighted by atomic mass is 16.5. The van der Waals surface area contributed by atoms with Crippen LogP contribution in [0.4, 0.5) is 0 Å². The lowest BCUT2D eigenvalue weighted by molar-refractivity contribution is 0.0367. The first-order chi connectivity index (χ1) is 9.33. The molecule has 0 bridgehead atoms. The standard InChI is InChI=1S/C15H32N2O2/c1-3-6-15(2)19-14-5-13-18-12-4-9-17-10-7-16-8-11-17/h15-16H,3-14H2,1-2H3. The van der Waals surface area contributed by atoms with E-state index in [1.165, 1.54) is 26.1 Å². The molecule has 1 unspecified atom stereocenters. The molecule has 0 aromatic heterocycles. The SMILES string of the molecule is CCCC(C)OCCCOCCCN1CCNCC1. The molecule has 1 fully saturated rings. The topological polar surface area (TPSA) is 33.7 Å². The molecule has 1 aliphatic heterocycles. The Morgan fingerprint density at radius 1 is 1.11 bits per heavy atom. The van der Waals surface area contributed by atoms with Crippen molar-refractivity contribution < 1.29 is 9.47 Å². The molecule has 114 valence electrons. The van der Waals surface area contributed by atoms with Crippen molar-refractivity contribution in [2.24, 2.45) is 0 Å². The van der Waals surface area contributed by atoms with Crippen LogP contribution < -0.4 is 5.32 Å². The minimum atomic E-state index is 0.401. The molecule has 1 heterocycles. The van der Waals surface area contributed by atoms with E-state index in [2.05, 4.69) is 24.1 Å². The van der Waals surface area contributed by atoms with Gasteiger partial charge in [0.25, 0.3) is 0 Å². The maximum absolute atomic E-state index is 5.69. The summed E-state index contributed by atoms with van der Waals surface area (Å²) in [5.74, 6) is 0. The van der Waals surface area contributed by atoms with Crippen molar-refractivity contribution in [1.82, 2.24) is 10.2 Å². The van der Waals surface area contributed by atoms with Crippen LogP contribution in [-0.2, 0) is 9.47 Å². The lowest BCUT2D eigenvalue weighted by Gasteiger charge is -2.26. The second-order valence-corrected chi connectivity index (χ2v) is 5.38. The monoisotopic (exact) mass is 272 g/mol. The summed E-state index contributed by atoms with van der Waals surface area (Å²) in [6, 6.07) is 0. The summed E-state index contributed by atoms with van der Waals surface area (Å²) < 4.78 is 11.3. The zero-order valence-electron chi connectivity index (χ0n) is 12.8. The van der Waals surface area contributed by atoms with Gasteiger partial charge in [-0.1, -0.05) is 13.3 Å². The van der Waals surface area contributed by atoms with Gasteiger partial charge in [0.2, 0.25) is 0 Å². The average Bonchev–Trinajstić information content (AvgIpc) is 2.43. The maximum atomic E-state index is 5.69. The molecule has 0 aliphatic carbocycles. The molecule has 4 nitrogen and oxygen atoms in total. The van der Waals surface area contributed by atoms with E-state index in [0.717, 1.165) is 52.2 Å². The van der Waals surface area contributed by atoms with Crippen LogP contribution in [0.15, 0.2) is 0 Å². The third-order valence-electron chi connectivity index (χ3n) is 3.50. The third-order valence-corrected chi connectivity index (χ3v) is 3.50. The van der Waals surface area contributed by atoms with Gasteiger partial charge in [-0.3, -0.25) is 0 Å². The summed E-state index contributed by atoms with van der Waals surface area (Å²) in [4.78, 5) is 2.51. The minimum Gasteiger partial charge on any atom is -0.381 e. The van der Waals surface area contributed by atoms with Crippen molar-refractivity contribution in [1.29, 1.82) is 0 Å². The number of rotatable bonds is 11. The average molecular weight is 272 g/mol. The molecular weight excluding hydrogens is 240 g/mol. The van der Waals surface area contributed by atoms with Crippen LogP contribution in [0.5, 0.6) is 0 Å². The van der Waals surface area contributed by atoms with Crippen LogP contribution in [0, 0.1) is 0 Å². The van der Waals surface area contributed by atoms with Crippen LogP contribution in [0.2, 0.25) is 0 Å². The van der Waals surface area contributed by atoms with Gasteiger partial charge in [0.05, 0.1) is 6.10 Å². The highest BCUT2D eigenvalue weighted by Gasteiger charge is 2.08. The Morgan fingerprint density at radius 2 is 1.84 bits per heavy atom. The Kier molecular flexibility index (Phi) is 10.4. The van der Waals surface area contributed by atoms with Crippen molar-refractivity contribution in [3.63, 3.8) is 0 Å². The van der Waals surface area contributed by atoms with Gasteiger partial charge >= 0.3 is 0 Å². The van der Waals surface area contributed by atoms with Crippen LogP contribution in [0.1, 0.15) is 39.5 Å². The summed E-state index contributed by atoms with van der Waals surface area (Å²) >= 11 is 0. The maximum Gasteiger partial charge on any atom is 0.0546 e. The fraction of sp³-hybridized carbons (Fsp3) is 1.00. The predicted molar refractivity (Wildman–Crippen MR) is 79.7 cm³/mol. The smallest absolute Gasteiger partial charge is 0.0546 e. The largest absolute Gasteiger partial charge is 0.381 e. The fourth-order valence-electron chi connectivity index (χ4n) is 2.36. The summed E-state index contributed by atoms with van der Waals surface area (Å²) in [7, 11) is 0. The predicted octanol–water partition coefficient (Wildman–Crippen LogP) is 1.89. The Labute approximate surface area is 118 Å². The lowest BCUT2D eigenvalue weighted by Crippen LogP contribution is -2.43. The molecule has 0 aromatic rings. The van der Waals surface area contributed by atoms with Crippen LogP contribution in [0.3, 0.4) is 0 Å². The molecular formula is C15H32N2O2. The van der Waals surface area contributed by atoms with Gasteiger partial charge in [-0.25, -0.2) is 0 Å². The molecule has 1 rings (SSSR count). The van der Waals surface area contributed by atoms with Crippen LogP contribution in [-0.4, -0.2) is 63.5 Å². The second kappa shape index (κ2) is 11.6. The molecule has 0 spiro atoms. The second-order valence-electron chi connectivity index (χ2n) is 5.38. The first-order valence-corrected chi connectivity index (χ1v) is 7.95. The Morgan fingerprint density at radius 3 is 2.58 bits per heavy atom. The van der Waals surface area contributed by atoms with Gasteiger partial charge in [0.1, 0.15) is 0 Å². The number of piperazine rings is 1. The van der Waals surface area contributed by atoms with E-state index >= 15 is 0 Å². The van der Waals surface area contributed by atoms with Gasteiger partial charge in [-0.05, 0) is 26.2 Å². The van der Waals surface area contributed by atoms with Gasteiger partial charge in [0.15, 0.2) is 0 Å². The fourth-order valence-corrected chi connectivity index (χ4v) is 2.36. The molecule has 1 atom stereocenters. The number of nitrogens with zero attached hydrogens (tertiary/aromatic N) is 1. The van der Waals surface area contributed by atoms with E-state index in [1.807, 2.05) is 0 Å². The van der Waals surface area contributed by atoms with E-state index in [-0.39, 0.29) is 0 Å². The first-order valence-electron chi connectivity index (χ1n) is 7.95. The number of hydrogen-bond donors (Lipinski definition) is 1. The highest BCUT2D eigenvalue weighted by molar-refractivity contribution is 4.66. The summed E-state index contributed by atoms with van der Waals surface area (Å²) in [6.07, 6.45) is 4.92. The van der Waals surface area contributed by atoms with Gasteiger partial charge in [-0.2, -0.15) is 0 Å². The summed E-state index contributed by atoms with van der Waals surface area (Å²) in [6.45, 7) is 12.7. The Bertz CT molecular complexity index is 197. The van der Waals surface area contributed by atoms with Crippen LogP contribution >= 0.6 is 0 Å². The lowest BCUT2D eigenvalue weighted by atomic mass is 10.2. The van der Waals surface area contributed by atoms with E-state index in [0.29, 0.717) is 6.10 Å². The van der Waals surface area contributed by atoms with Crippen molar-refractivity contribution >= 4 is 0 Å². The Hall–Kier alpha value is -0.160. The minimum absolute atomic E-state index is 0.401. The number of ether oxygens (including phenoxy) is 2. The number of nitrogens with one attached hydrogen (secondary N) is 1. The van der Waals surface area contributed by atoms with Crippen molar-refractivity contribution in [2.45, 2.75) is 45.6 Å². The Balaban J connectivity index is 1.78. The van der Waals surface area contributed by atoms with Crippen molar-refractivity contribution in [3.8, 4) is 0 Å². The van der Waals surface area contributed by atoms with Gasteiger partial charge < -0.3 is 19.7 Å². The van der Waals surface area contributed by atoms with Crippen molar-refractivity contribution in [2.75, 3.05) is 52.5 Å². The molecule has 0 saturated carbocycles. The van der Waals surface area contributed by atoms with Crippen LogP contribution in [0.25, 0.3) is 0 Å². The molecule has 1 aliphatic rings. The van der Waals surface area contributed by atoms with Gasteiger partial charge in [-0.15, -0.1) is 0 Å². The van der Waals surface area contributed by atoms with E-state index in [4.69, 9.17) is 9.47 Å². The van der Waals surface area contributed by atoms with Crippen molar-refractivity contribution in [3.05, 3.63) is 0 Å². The zero-order valence-corrected chi connectivity index (χ0v) is 12.8. The van der Waals surface area contributed by atoms with Gasteiger partial charge in [0, 0.05) is 52.5 Å². The summed E-state index contributed by atoms with van der Waals surface area (Å²) in [5.41, 5.74) is 0. The van der Waals surface area contributed by atoms with E-state index < -0.39 is 0 Å². The number of hydrogen-bond acceptors (Lipinski definition) is 4. The van der Waals surface area contributed by atoms with E-state index in [9.17, 15) is 0 Å².